The predicted molar refractivity (Wildman–Crippen MR) is 153 cm³/mol. The zero-order chi connectivity index (χ0) is 27.8. The van der Waals surface area contributed by atoms with E-state index in [-0.39, 0.29) is 23.4 Å². The molecule has 0 aromatic heterocycles. The second kappa shape index (κ2) is 10.7. The molecule has 2 unspecified atom stereocenters. The molecule has 2 aliphatic rings. The van der Waals surface area contributed by atoms with Crippen LogP contribution in [-0.4, -0.2) is 42.5 Å². The molecule has 1 fully saturated rings. The van der Waals surface area contributed by atoms with Crippen LogP contribution in [0.4, 0.5) is 4.79 Å². The molecule has 0 spiro atoms. The zero-order valence-corrected chi connectivity index (χ0v) is 23.9. The number of amides is 2. The van der Waals surface area contributed by atoms with Gasteiger partial charge in [0.2, 0.25) is 5.91 Å². The van der Waals surface area contributed by atoms with Crippen molar-refractivity contribution in [1.82, 2.24) is 5.32 Å². The molecule has 0 saturated carbocycles. The van der Waals surface area contributed by atoms with Crippen LogP contribution in [0.2, 0.25) is 0 Å². The highest BCUT2D eigenvalue weighted by Crippen LogP contribution is 2.42. The maximum atomic E-state index is 12.1. The van der Waals surface area contributed by atoms with E-state index in [4.69, 9.17) is 18.9 Å². The molecule has 2 atom stereocenters. The van der Waals surface area contributed by atoms with Crippen LogP contribution in [0.5, 0.6) is 17.2 Å². The van der Waals surface area contributed by atoms with E-state index in [0.29, 0.717) is 13.0 Å². The van der Waals surface area contributed by atoms with Gasteiger partial charge in [0.05, 0.1) is 5.25 Å². The average molecular weight is 550 g/mol. The van der Waals surface area contributed by atoms with Gasteiger partial charge in [-0.15, -0.1) is 0 Å². The molecule has 3 aromatic rings. The van der Waals surface area contributed by atoms with Gasteiger partial charge >= 0.3 is 0 Å². The third kappa shape index (κ3) is 5.87. The topological polar surface area (TPSA) is 83.1 Å². The van der Waals surface area contributed by atoms with E-state index in [1.807, 2.05) is 36.4 Å². The van der Waals surface area contributed by atoms with E-state index in [1.54, 1.807) is 7.11 Å². The maximum Gasteiger partial charge on any atom is 0.286 e. The third-order valence-corrected chi connectivity index (χ3v) is 8.24. The zero-order valence-electron chi connectivity index (χ0n) is 23.1. The van der Waals surface area contributed by atoms with Gasteiger partial charge in [-0.25, -0.2) is 0 Å². The van der Waals surface area contributed by atoms with Crippen molar-refractivity contribution in [3.8, 4) is 17.2 Å². The van der Waals surface area contributed by atoms with Crippen LogP contribution in [0, 0.1) is 0 Å². The summed E-state index contributed by atoms with van der Waals surface area (Å²) in [6.45, 7) is 9.15. The number of nitrogens with one attached hydrogen (secondary N) is 1. The van der Waals surface area contributed by atoms with Gasteiger partial charge in [-0.2, -0.15) is 0 Å². The van der Waals surface area contributed by atoms with Gasteiger partial charge in [0.1, 0.15) is 29.5 Å². The smallest absolute Gasteiger partial charge is 0.286 e. The number of hydrogen-bond acceptors (Lipinski definition) is 7. The van der Waals surface area contributed by atoms with Crippen molar-refractivity contribution in [3.63, 3.8) is 0 Å². The normalized spacial score (nSPS) is 20.9. The number of benzene rings is 3. The van der Waals surface area contributed by atoms with Crippen molar-refractivity contribution in [2.75, 3.05) is 20.5 Å². The Morgan fingerprint density at radius 2 is 1.82 bits per heavy atom. The molecule has 3 aromatic carbocycles. The van der Waals surface area contributed by atoms with Crippen LogP contribution in [0.15, 0.2) is 48.5 Å². The van der Waals surface area contributed by atoms with Crippen molar-refractivity contribution < 1.29 is 28.5 Å². The second-order valence-electron chi connectivity index (χ2n) is 11.5. The highest BCUT2D eigenvalue weighted by Gasteiger charge is 2.35. The van der Waals surface area contributed by atoms with Crippen LogP contribution in [0.25, 0.3) is 10.8 Å². The van der Waals surface area contributed by atoms with Gasteiger partial charge in [0.25, 0.3) is 5.24 Å². The summed E-state index contributed by atoms with van der Waals surface area (Å²) in [5.41, 5.74) is 2.57. The first-order chi connectivity index (χ1) is 18.6. The predicted octanol–water partition coefficient (Wildman–Crippen LogP) is 6.18. The van der Waals surface area contributed by atoms with E-state index < -0.39 is 10.9 Å². The maximum absolute atomic E-state index is 12.1. The Balaban J connectivity index is 1.35. The molecular weight excluding hydrogens is 514 g/mol. The molecule has 2 amide bonds. The van der Waals surface area contributed by atoms with Crippen LogP contribution in [0.1, 0.15) is 50.8 Å². The summed E-state index contributed by atoms with van der Waals surface area (Å²) in [4.78, 5) is 23.8. The van der Waals surface area contributed by atoms with Gasteiger partial charge in [-0.1, -0.05) is 62.9 Å². The lowest BCUT2D eigenvalue weighted by atomic mass is 9.83. The molecule has 0 aliphatic carbocycles. The highest BCUT2D eigenvalue weighted by atomic mass is 32.2. The fraction of sp³-hybridized carbons (Fsp3) is 0.419. The van der Waals surface area contributed by atoms with Crippen molar-refractivity contribution in [3.05, 3.63) is 65.2 Å². The van der Waals surface area contributed by atoms with E-state index >= 15 is 0 Å². The number of thioether (sulfide) groups is 1. The monoisotopic (exact) mass is 549 g/mol. The number of imide groups is 1. The Kier molecular flexibility index (Phi) is 7.53. The number of carbonyl (C=O) groups is 2. The Hall–Kier alpha value is -3.23. The summed E-state index contributed by atoms with van der Waals surface area (Å²) in [6.07, 6.45) is 2.13. The van der Waals surface area contributed by atoms with Gasteiger partial charge in [-0.3, -0.25) is 14.9 Å². The van der Waals surface area contributed by atoms with Gasteiger partial charge in [0, 0.05) is 18.1 Å². The first-order valence-corrected chi connectivity index (χ1v) is 14.1. The van der Waals surface area contributed by atoms with E-state index in [0.717, 1.165) is 69.3 Å². The Bertz CT molecular complexity index is 1410. The minimum atomic E-state index is -0.504. The lowest BCUT2D eigenvalue weighted by molar-refractivity contribution is -0.118. The molecule has 0 radical (unpaired) electrons. The van der Waals surface area contributed by atoms with E-state index in [2.05, 4.69) is 45.1 Å². The Morgan fingerprint density at radius 1 is 1.05 bits per heavy atom. The summed E-state index contributed by atoms with van der Waals surface area (Å²) in [6, 6.07) is 16.1. The Morgan fingerprint density at radius 3 is 2.51 bits per heavy atom. The van der Waals surface area contributed by atoms with E-state index in [9.17, 15) is 9.59 Å². The molecule has 7 nitrogen and oxygen atoms in total. The fourth-order valence-electron chi connectivity index (χ4n) is 5.13. The number of aryl methyl sites for hydroxylation is 1. The van der Waals surface area contributed by atoms with Gasteiger partial charge in [0.15, 0.2) is 6.79 Å². The summed E-state index contributed by atoms with van der Waals surface area (Å²) in [5, 5.41) is 3.66. The molecule has 5 rings (SSSR count). The molecule has 39 heavy (non-hydrogen) atoms. The van der Waals surface area contributed by atoms with Crippen LogP contribution >= 0.6 is 11.8 Å². The minimum absolute atomic E-state index is 0.128. The number of ether oxygens (including phenoxy) is 4. The number of hydrogen-bond donors (Lipinski definition) is 1. The number of methoxy groups -OCH3 is 1. The quantitative estimate of drug-likeness (QED) is 0.336. The van der Waals surface area contributed by atoms with E-state index in [1.165, 1.54) is 0 Å². The summed E-state index contributed by atoms with van der Waals surface area (Å²) < 4.78 is 24.0. The molecule has 0 bridgehead atoms. The van der Waals surface area contributed by atoms with Gasteiger partial charge in [-0.05, 0) is 66.3 Å². The summed E-state index contributed by atoms with van der Waals surface area (Å²) in [7, 11) is 1.62. The molecule has 8 heteroatoms. The van der Waals surface area contributed by atoms with Crippen LogP contribution in [-0.2, 0) is 27.8 Å². The summed E-state index contributed by atoms with van der Waals surface area (Å²) in [5.74, 6) is 2.23. The minimum Gasteiger partial charge on any atom is -0.489 e. The molecule has 1 N–H and O–H groups in total. The molecule has 1 saturated heterocycles. The van der Waals surface area contributed by atoms with Crippen molar-refractivity contribution in [1.29, 1.82) is 0 Å². The lowest BCUT2D eigenvalue weighted by Crippen LogP contribution is -2.42. The SMILES string of the molecule is COCOc1cc2c(cc1C(C)(C)C)OC(C)(COc1ccc(CC3SC(=O)NC3=O)c3ccccc13)CC2. The Labute approximate surface area is 233 Å². The first kappa shape index (κ1) is 27.3. The van der Waals surface area contributed by atoms with Gasteiger partial charge < -0.3 is 18.9 Å². The largest absolute Gasteiger partial charge is 0.489 e. The second-order valence-corrected chi connectivity index (χ2v) is 12.6. The molecule has 2 heterocycles. The van der Waals surface area contributed by atoms with Crippen molar-refractivity contribution >= 4 is 33.7 Å². The molecular formula is C31H35NO6S. The number of fused-ring (bicyclic) bond motifs is 2. The summed E-state index contributed by atoms with van der Waals surface area (Å²) >= 11 is 1.05. The lowest BCUT2D eigenvalue weighted by Gasteiger charge is -2.37. The molecule has 206 valence electrons. The standard InChI is InChI=1S/C31H35NO6S/c1-30(2,3)23-16-25-20(14-26(23)37-18-35-5)12-13-31(4,38-25)17-36-24-11-10-19(21-8-6-7-9-22(21)24)15-27-28(33)32-29(34)39-27/h6-11,14,16,27H,12-13,15,17-18H2,1-5H3,(H,32,33,34). The van der Waals surface area contributed by atoms with Crippen LogP contribution < -0.4 is 19.5 Å². The fourth-order valence-corrected chi connectivity index (χ4v) is 5.98. The van der Waals surface area contributed by atoms with Crippen molar-refractivity contribution in [2.45, 2.75) is 63.2 Å². The first-order valence-electron chi connectivity index (χ1n) is 13.2. The van der Waals surface area contributed by atoms with Crippen LogP contribution in [0.3, 0.4) is 0 Å². The molecule has 2 aliphatic heterocycles. The number of carbonyl (C=O) groups excluding carboxylic acids is 2. The third-order valence-electron chi connectivity index (χ3n) is 7.26. The van der Waals surface area contributed by atoms with Crippen molar-refractivity contribution in [2.24, 2.45) is 0 Å². The number of rotatable bonds is 8. The average Bonchev–Trinajstić information content (AvgIpc) is 3.22. The highest BCUT2D eigenvalue weighted by molar-refractivity contribution is 8.15.